The molecule has 10 atom stereocenters. The molecule has 6 aliphatic rings. The number of carbonyl (C=O) groups excluding carboxylic acids is 2. The number of rotatable bonds is 1. The van der Waals surface area contributed by atoms with Gasteiger partial charge in [-0.25, -0.2) is 9.59 Å². The van der Waals surface area contributed by atoms with E-state index in [-0.39, 0.29) is 25.4 Å². The van der Waals surface area contributed by atoms with Gasteiger partial charge in [0, 0.05) is 24.3 Å². The molecule has 0 aromatic rings. The first-order valence-corrected chi connectivity index (χ1v) is 13.7. The average molecular weight is 531 g/mol. The fourth-order valence-corrected chi connectivity index (χ4v) is 7.37. The van der Waals surface area contributed by atoms with E-state index in [0.29, 0.717) is 19.4 Å². The average Bonchev–Trinajstić information content (AvgIpc) is 3.77. The number of allylic oxidation sites excluding steroid dienone is 3. The topological polar surface area (TPSA) is 116 Å². The maximum atomic E-state index is 13.2. The Balaban J connectivity index is 1.35. The Morgan fingerprint density at radius 3 is 2.63 bits per heavy atom. The number of fused-ring (bicyclic) bond motifs is 1. The van der Waals surface area contributed by atoms with Crippen molar-refractivity contribution >= 4 is 11.9 Å². The molecule has 2 bridgehead atoms. The number of ether oxygens (including phenoxy) is 6. The Bertz CT molecular complexity index is 1090. The summed E-state index contributed by atoms with van der Waals surface area (Å²) in [4.78, 5) is 26.2. The molecule has 6 rings (SSSR count). The Labute approximate surface area is 223 Å². The summed E-state index contributed by atoms with van der Waals surface area (Å²) in [6.45, 7) is 8.66. The molecule has 2 unspecified atom stereocenters. The van der Waals surface area contributed by atoms with Crippen LogP contribution >= 0.6 is 0 Å². The van der Waals surface area contributed by atoms with E-state index < -0.39 is 58.4 Å². The standard InChI is InChI=1S/C29H38O9/c1-17-9-10-28-15-34-25(32)24-26(3,38-24)11-12-33-19(18(2)30)7-5-6-8-23(31)37-20-14-22(36-21(28)13-17)29(16-35-29)27(20,28)4/h5-8,13,18-22,24,30H,9-12,14-16H2,1-4H3/b7-5+,8-6-/t18-,19-,20?,21-,22-,24?,26+,27-,28-,29+/m1/s1. The summed E-state index contributed by atoms with van der Waals surface area (Å²) in [5.74, 6) is -0.876. The van der Waals surface area contributed by atoms with Gasteiger partial charge in [-0.2, -0.15) is 0 Å². The summed E-state index contributed by atoms with van der Waals surface area (Å²) in [5.41, 5.74) is -1.25. The summed E-state index contributed by atoms with van der Waals surface area (Å²) in [5, 5.41) is 10.1. The molecule has 2 spiro atoms. The number of aliphatic hydroxyl groups is 1. The van der Waals surface area contributed by atoms with E-state index >= 15 is 0 Å². The molecule has 0 amide bonds. The van der Waals surface area contributed by atoms with Crippen LogP contribution in [0.15, 0.2) is 36.0 Å². The van der Waals surface area contributed by atoms with E-state index in [0.717, 1.165) is 12.8 Å². The van der Waals surface area contributed by atoms with Crippen LogP contribution in [0.3, 0.4) is 0 Å². The van der Waals surface area contributed by atoms with Gasteiger partial charge in [-0.05, 0) is 33.6 Å². The molecule has 208 valence electrons. The van der Waals surface area contributed by atoms with Gasteiger partial charge in [-0.1, -0.05) is 36.8 Å². The van der Waals surface area contributed by atoms with E-state index in [1.807, 2.05) is 6.92 Å². The number of cyclic esters (lactones) is 1. The summed E-state index contributed by atoms with van der Waals surface area (Å²) >= 11 is 0. The molecular formula is C29H38O9. The first-order chi connectivity index (χ1) is 18.0. The van der Waals surface area contributed by atoms with Crippen molar-refractivity contribution in [2.75, 3.05) is 19.8 Å². The molecular weight excluding hydrogens is 492 g/mol. The Kier molecular flexibility index (Phi) is 6.20. The molecule has 1 N–H and O–H groups in total. The third-order valence-corrected chi connectivity index (χ3v) is 10.1. The number of epoxide rings is 2. The lowest BCUT2D eigenvalue weighted by Crippen LogP contribution is -2.66. The van der Waals surface area contributed by atoms with E-state index in [9.17, 15) is 14.7 Å². The van der Waals surface area contributed by atoms with Gasteiger partial charge in [0.1, 0.15) is 30.0 Å². The Morgan fingerprint density at radius 2 is 1.89 bits per heavy atom. The van der Waals surface area contributed by atoms with Gasteiger partial charge < -0.3 is 33.5 Å². The maximum absolute atomic E-state index is 13.2. The van der Waals surface area contributed by atoms with Crippen molar-refractivity contribution in [1.29, 1.82) is 0 Å². The van der Waals surface area contributed by atoms with E-state index in [4.69, 9.17) is 28.4 Å². The fraction of sp³-hybridized carbons (Fsp3) is 0.724. The normalized spacial score (nSPS) is 50.8. The molecule has 4 aliphatic heterocycles. The zero-order valence-corrected chi connectivity index (χ0v) is 22.5. The van der Waals surface area contributed by atoms with Gasteiger partial charge in [-0.3, -0.25) is 0 Å². The highest BCUT2D eigenvalue weighted by Gasteiger charge is 2.83. The van der Waals surface area contributed by atoms with Gasteiger partial charge in [0.25, 0.3) is 0 Å². The molecule has 0 aromatic carbocycles. The molecule has 2 aliphatic carbocycles. The summed E-state index contributed by atoms with van der Waals surface area (Å²) in [7, 11) is 0. The lowest BCUT2D eigenvalue weighted by Gasteiger charge is -2.58. The molecule has 0 radical (unpaired) electrons. The highest BCUT2D eigenvalue weighted by Crippen LogP contribution is 2.72. The van der Waals surface area contributed by atoms with Crippen LogP contribution in [0.5, 0.6) is 0 Å². The Morgan fingerprint density at radius 1 is 1.11 bits per heavy atom. The van der Waals surface area contributed by atoms with E-state index in [1.165, 1.54) is 11.6 Å². The van der Waals surface area contributed by atoms with E-state index in [1.54, 1.807) is 25.2 Å². The molecule has 9 nitrogen and oxygen atoms in total. The number of hydrogen-bond donors (Lipinski definition) is 1. The van der Waals surface area contributed by atoms with Crippen molar-refractivity contribution in [3.05, 3.63) is 36.0 Å². The van der Waals surface area contributed by atoms with Crippen molar-refractivity contribution in [3.8, 4) is 0 Å². The monoisotopic (exact) mass is 530 g/mol. The predicted molar refractivity (Wildman–Crippen MR) is 134 cm³/mol. The first-order valence-electron chi connectivity index (χ1n) is 13.7. The van der Waals surface area contributed by atoms with Gasteiger partial charge >= 0.3 is 11.9 Å². The summed E-state index contributed by atoms with van der Waals surface area (Å²) in [6.07, 6.45) is 8.08. The minimum absolute atomic E-state index is 0.123. The molecule has 9 heteroatoms. The van der Waals surface area contributed by atoms with Crippen LogP contribution < -0.4 is 0 Å². The minimum atomic E-state index is -0.754. The van der Waals surface area contributed by atoms with Gasteiger partial charge in [0.05, 0.1) is 36.9 Å². The van der Waals surface area contributed by atoms with Crippen LogP contribution in [0.2, 0.25) is 0 Å². The van der Waals surface area contributed by atoms with Gasteiger partial charge in [-0.15, -0.1) is 0 Å². The van der Waals surface area contributed by atoms with Gasteiger partial charge in [0.15, 0.2) is 6.10 Å². The fourth-order valence-electron chi connectivity index (χ4n) is 7.37. The smallest absolute Gasteiger partial charge is 0.338 e. The number of esters is 2. The van der Waals surface area contributed by atoms with Crippen LogP contribution in [0.25, 0.3) is 0 Å². The number of hydrogen-bond acceptors (Lipinski definition) is 9. The lowest BCUT2D eigenvalue weighted by atomic mass is 9.51. The second-order valence-corrected chi connectivity index (χ2v) is 12.2. The highest BCUT2D eigenvalue weighted by atomic mass is 16.7. The molecule has 4 heterocycles. The quantitative estimate of drug-likeness (QED) is 0.310. The number of aliphatic hydroxyl groups excluding tert-OH is 1. The highest BCUT2D eigenvalue weighted by molar-refractivity contribution is 5.82. The lowest BCUT2D eigenvalue weighted by molar-refractivity contribution is -0.233. The minimum Gasteiger partial charge on any atom is -0.463 e. The molecule has 0 aromatic heterocycles. The van der Waals surface area contributed by atoms with Gasteiger partial charge in [0.2, 0.25) is 0 Å². The first kappa shape index (κ1) is 26.2. The zero-order chi connectivity index (χ0) is 26.9. The second-order valence-electron chi connectivity index (χ2n) is 12.2. The summed E-state index contributed by atoms with van der Waals surface area (Å²) in [6, 6.07) is 0. The van der Waals surface area contributed by atoms with Crippen LogP contribution in [0, 0.1) is 10.8 Å². The van der Waals surface area contributed by atoms with E-state index in [2.05, 4.69) is 19.9 Å². The summed E-state index contributed by atoms with van der Waals surface area (Å²) < 4.78 is 36.6. The number of carbonyl (C=O) groups is 2. The van der Waals surface area contributed by atoms with Crippen molar-refractivity contribution in [2.24, 2.45) is 10.8 Å². The second kappa shape index (κ2) is 8.99. The maximum Gasteiger partial charge on any atom is 0.338 e. The zero-order valence-electron chi connectivity index (χ0n) is 22.5. The van der Waals surface area contributed by atoms with Crippen molar-refractivity contribution < 1.29 is 43.1 Å². The van der Waals surface area contributed by atoms with Crippen molar-refractivity contribution in [2.45, 2.75) is 101 Å². The van der Waals surface area contributed by atoms with Crippen LogP contribution in [0.4, 0.5) is 0 Å². The van der Waals surface area contributed by atoms with Crippen LogP contribution in [0.1, 0.15) is 53.4 Å². The predicted octanol–water partition coefficient (Wildman–Crippen LogP) is 2.55. The van der Waals surface area contributed by atoms with Crippen LogP contribution in [-0.4, -0.2) is 84.7 Å². The van der Waals surface area contributed by atoms with Crippen molar-refractivity contribution in [3.63, 3.8) is 0 Å². The molecule has 4 fully saturated rings. The molecule has 38 heavy (non-hydrogen) atoms. The van der Waals surface area contributed by atoms with Crippen molar-refractivity contribution in [1.82, 2.24) is 0 Å². The molecule has 1 saturated carbocycles. The molecule has 3 saturated heterocycles. The third kappa shape index (κ3) is 3.84. The SMILES string of the molecule is CC1=C[C@H]2O[C@@H]3CC4OC(=O)/C=C\C=C\[C@H]([C@@H](C)O)OCC[C@]5(C)OC5C(=O)OC[C@@]2(CC1)[C@]4(C)[C@]31CO1. The Hall–Kier alpha value is -2.04. The third-order valence-electron chi connectivity index (χ3n) is 10.1. The largest absolute Gasteiger partial charge is 0.463 e. The van der Waals surface area contributed by atoms with Crippen LogP contribution in [-0.2, 0) is 38.0 Å².